The first kappa shape index (κ1) is 21.3. The standard InChI is InChI=1S/C24H29N3O4/c1-24(2)13-20-18(21(28)14-24)12-19(22(29)25-20)23(30)26(3)15-16-4-6-17(7-5-16)27-8-10-31-11-9-27/h4-7,12H,8-11,13-15H2,1-3H3,(H,25,29). The van der Waals surface area contributed by atoms with Crippen LogP contribution >= 0.6 is 0 Å². The Morgan fingerprint density at radius 1 is 1.13 bits per heavy atom. The Balaban J connectivity index is 1.49. The smallest absolute Gasteiger partial charge is 0.261 e. The summed E-state index contributed by atoms with van der Waals surface area (Å²) in [6.07, 6.45) is 1.02. The van der Waals surface area contributed by atoms with Gasteiger partial charge in [-0.1, -0.05) is 26.0 Å². The lowest BCUT2D eigenvalue weighted by Gasteiger charge is -2.30. The SMILES string of the molecule is CN(Cc1ccc(N2CCOCC2)cc1)C(=O)c1cc2c([nH]c1=O)CC(C)(C)CC2=O. The summed E-state index contributed by atoms with van der Waals surface area (Å²) in [7, 11) is 1.67. The molecular formula is C24H29N3O4. The average molecular weight is 424 g/mol. The number of fused-ring (bicyclic) bond motifs is 1. The highest BCUT2D eigenvalue weighted by atomic mass is 16.5. The Morgan fingerprint density at radius 3 is 2.48 bits per heavy atom. The van der Waals surface area contributed by atoms with E-state index in [1.807, 2.05) is 38.1 Å². The molecule has 0 saturated carbocycles. The highest BCUT2D eigenvalue weighted by Crippen LogP contribution is 2.33. The van der Waals surface area contributed by atoms with Gasteiger partial charge in [-0.25, -0.2) is 0 Å². The number of Topliss-reactive ketones (excluding diaryl/α,β-unsaturated/α-hetero) is 1. The Hall–Kier alpha value is -2.93. The van der Waals surface area contributed by atoms with Gasteiger partial charge in [0.25, 0.3) is 11.5 Å². The molecule has 1 aliphatic carbocycles. The summed E-state index contributed by atoms with van der Waals surface area (Å²) < 4.78 is 5.39. The van der Waals surface area contributed by atoms with Gasteiger partial charge in [0, 0.05) is 50.0 Å². The number of amides is 1. The molecule has 1 saturated heterocycles. The second kappa shape index (κ2) is 8.30. The van der Waals surface area contributed by atoms with Crippen LogP contribution in [-0.2, 0) is 17.7 Å². The fourth-order valence-electron chi connectivity index (χ4n) is 4.37. The number of H-pyrrole nitrogens is 1. The zero-order valence-electron chi connectivity index (χ0n) is 18.4. The maximum Gasteiger partial charge on any atom is 0.261 e. The lowest BCUT2D eigenvalue weighted by molar-refractivity contribution is 0.0783. The number of hydrogen-bond acceptors (Lipinski definition) is 5. The number of nitrogens with one attached hydrogen (secondary N) is 1. The number of carbonyl (C=O) groups excluding carboxylic acids is 2. The molecular weight excluding hydrogens is 394 g/mol. The molecule has 2 heterocycles. The molecule has 0 radical (unpaired) electrons. The number of carbonyl (C=O) groups is 2. The summed E-state index contributed by atoms with van der Waals surface area (Å²) >= 11 is 0. The van der Waals surface area contributed by atoms with Crippen molar-refractivity contribution in [3.05, 3.63) is 63.1 Å². The van der Waals surface area contributed by atoms with Gasteiger partial charge in [0.15, 0.2) is 5.78 Å². The van der Waals surface area contributed by atoms with Crippen LogP contribution in [0.5, 0.6) is 0 Å². The van der Waals surface area contributed by atoms with Crippen LogP contribution < -0.4 is 10.5 Å². The minimum absolute atomic E-state index is 0.0132. The van der Waals surface area contributed by atoms with Crippen LogP contribution in [0.2, 0.25) is 0 Å². The number of pyridine rings is 1. The van der Waals surface area contributed by atoms with Crippen LogP contribution in [0.25, 0.3) is 0 Å². The first-order valence-electron chi connectivity index (χ1n) is 10.7. The van der Waals surface area contributed by atoms with Crippen molar-refractivity contribution < 1.29 is 14.3 Å². The molecule has 2 aliphatic rings. The maximum atomic E-state index is 13.0. The summed E-state index contributed by atoms with van der Waals surface area (Å²) in [5.41, 5.74) is 2.58. The zero-order chi connectivity index (χ0) is 22.2. The van der Waals surface area contributed by atoms with Gasteiger partial charge >= 0.3 is 0 Å². The predicted molar refractivity (Wildman–Crippen MR) is 119 cm³/mol. The molecule has 2 aromatic rings. The molecule has 1 aliphatic heterocycles. The van der Waals surface area contributed by atoms with E-state index in [4.69, 9.17) is 4.74 Å². The Kier molecular flexibility index (Phi) is 5.71. The van der Waals surface area contributed by atoms with Gasteiger partial charge in [-0.2, -0.15) is 0 Å². The molecule has 0 bridgehead atoms. The van der Waals surface area contributed by atoms with Crippen molar-refractivity contribution in [3.63, 3.8) is 0 Å². The number of ether oxygens (including phenoxy) is 1. The van der Waals surface area contributed by atoms with E-state index in [2.05, 4.69) is 9.88 Å². The van der Waals surface area contributed by atoms with E-state index in [9.17, 15) is 14.4 Å². The summed E-state index contributed by atoms with van der Waals surface area (Å²) in [5.74, 6) is -0.420. The Bertz CT molecular complexity index is 1050. The number of nitrogens with zero attached hydrogens (tertiary/aromatic N) is 2. The Morgan fingerprint density at radius 2 is 1.81 bits per heavy atom. The number of benzene rings is 1. The zero-order valence-corrected chi connectivity index (χ0v) is 18.4. The van der Waals surface area contributed by atoms with Gasteiger partial charge in [-0.05, 0) is 35.6 Å². The molecule has 31 heavy (non-hydrogen) atoms. The van der Waals surface area contributed by atoms with E-state index in [0.717, 1.165) is 37.6 Å². The lowest BCUT2D eigenvalue weighted by Crippen LogP contribution is -2.36. The van der Waals surface area contributed by atoms with Crippen molar-refractivity contribution in [1.82, 2.24) is 9.88 Å². The second-order valence-corrected chi connectivity index (χ2v) is 9.27. The third-order valence-electron chi connectivity index (χ3n) is 6.03. The monoisotopic (exact) mass is 423 g/mol. The van der Waals surface area contributed by atoms with Crippen LogP contribution in [0.3, 0.4) is 0 Å². The molecule has 4 rings (SSSR count). The van der Waals surface area contributed by atoms with Gasteiger partial charge in [0.1, 0.15) is 5.56 Å². The number of anilines is 1. The maximum absolute atomic E-state index is 13.0. The fraction of sp³-hybridized carbons (Fsp3) is 0.458. The molecule has 1 aromatic carbocycles. The molecule has 1 fully saturated rings. The van der Waals surface area contributed by atoms with E-state index in [0.29, 0.717) is 30.6 Å². The minimum atomic E-state index is -0.441. The molecule has 0 spiro atoms. The van der Waals surface area contributed by atoms with Crippen molar-refractivity contribution in [2.24, 2.45) is 5.41 Å². The summed E-state index contributed by atoms with van der Waals surface area (Å²) in [6, 6.07) is 9.57. The largest absolute Gasteiger partial charge is 0.378 e. The number of aromatic nitrogens is 1. The second-order valence-electron chi connectivity index (χ2n) is 9.27. The van der Waals surface area contributed by atoms with Crippen molar-refractivity contribution >= 4 is 17.4 Å². The summed E-state index contributed by atoms with van der Waals surface area (Å²) in [6.45, 7) is 7.58. The van der Waals surface area contributed by atoms with Crippen LogP contribution in [0.1, 0.15) is 52.2 Å². The van der Waals surface area contributed by atoms with Gasteiger partial charge in [-0.3, -0.25) is 14.4 Å². The lowest BCUT2D eigenvalue weighted by atomic mass is 9.75. The van der Waals surface area contributed by atoms with Gasteiger partial charge in [0.05, 0.1) is 13.2 Å². The minimum Gasteiger partial charge on any atom is -0.378 e. The molecule has 0 atom stereocenters. The van der Waals surface area contributed by atoms with E-state index in [1.54, 1.807) is 7.05 Å². The number of aromatic amines is 1. The molecule has 7 heteroatoms. The van der Waals surface area contributed by atoms with Crippen molar-refractivity contribution in [3.8, 4) is 0 Å². The van der Waals surface area contributed by atoms with E-state index in [1.165, 1.54) is 11.0 Å². The average Bonchev–Trinajstić information content (AvgIpc) is 2.73. The number of rotatable bonds is 4. The molecule has 164 valence electrons. The first-order valence-corrected chi connectivity index (χ1v) is 10.7. The predicted octanol–water partition coefficient (Wildman–Crippen LogP) is 2.64. The van der Waals surface area contributed by atoms with Gasteiger partial charge in [-0.15, -0.1) is 0 Å². The first-order chi connectivity index (χ1) is 14.7. The molecule has 0 unspecified atom stereocenters. The van der Waals surface area contributed by atoms with E-state index >= 15 is 0 Å². The number of ketones is 1. The number of morpholine rings is 1. The van der Waals surface area contributed by atoms with Gasteiger partial charge in [0.2, 0.25) is 0 Å². The molecule has 7 nitrogen and oxygen atoms in total. The normalized spacial score (nSPS) is 17.9. The fourth-order valence-corrected chi connectivity index (χ4v) is 4.37. The van der Waals surface area contributed by atoms with Crippen LogP contribution in [-0.4, -0.2) is 54.9 Å². The van der Waals surface area contributed by atoms with Crippen LogP contribution in [0.15, 0.2) is 35.1 Å². The van der Waals surface area contributed by atoms with Crippen molar-refractivity contribution in [1.29, 1.82) is 0 Å². The highest BCUT2D eigenvalue weighted by Gasteiger charge is 2.33. The Labute approximate surface area is 182 Å². The van der Waals surface area contributed by atoms with Crippen molar-refractivity contribution in [2.75, 3.05) is 38.3 Å². The highest BCUT2D eigenvalue weighted by molar-refractivity contribution is 6.02. The van der Waals surface area contributed by atoms with Gasteiger partial charge < -0.3 is 19.5 Å². The summed E-state index contributed by atoms with van der Waals surface area (Å²) in [4.78, 5) is 44.7. The van der Waals surface area contributed by atoms with Crippen LogP contribution in [0, 0.1) is 5.41 Å². The van der Waals surface area contributed by atoms with E-state index < -0.39 is 5.56 Å². The van der Waals surface area contributed by atoms with E-state index in [-0.39, 0.29) is 22.7 Å². The van der Waals surface area contributed by atoms with Crippen LogP contribution in [0.4, 0.5) is 5.69 Å². The summed E-state index contributed by atoms with van der Waals surface area (Å²) in [5, 5.41) is 0. The topological polar surface area (TPSA) is 82.7 Å². The van der Waals surface area contributed by atoms with Crippen molar-refractivity contribution in [2.45, 2.75) is 33.2 Å². The third kappa shape index (κ3) is 4.56. The number of hydrogen-bond donors (Lipinski definition) is 1. The molecule has 1 amide bonds. The molecule has 1 N–H and O–H groups in total. The quantitative estimate of drug-likeness (QED) is 0.818. The third-order valence-corrected chi connectivity index (χ3v) is 6.03. The molecule has 1 aromatic heterocycles.